The topological polar surface area (TPSA) is 58.7 Å². The maximum absolute atomic E-state index is 12.7. The van der Waals surface area contributed by atoms with E-state index in [1.807, 2.05) is 12.1 Å². The van der Waals surface area contributed by atoms with Crippen LogP contribution in [0.5, 0.6) is 0 Å². The molecule has 2 heterocycles. The number of amides is 1. The number of nitrogens with zero attached hydrogens (tertiary/aromatic N) is 3. The van der Waals surface area contributed by atoms with Gasteiger partial charge in [-0.1, -0.05) is 24.3 Å². The number of hydrogen-bond donors (Lipinski definition) is 0. The number of carbonyl (C=O) groups is 1. The van der Waals surface area contributed by atoms with E-state index in [1.54, 1.807) is 21.6 Å². The maximum Gasteiger partial charge on any atom is 0.419 e. The fraction of sp³-hybridized carbons (Fsp3) is 0.391. The first kappa shape index (κ1) is 22.1. The Morgan fingerprint density at radius 3 is 2.34 bits per heavy atom. The molecule has 1 aliphatic heterocycles. The number of rotatable bonds is 6. The molecule has 1 amide bonds. The fourth-order valence-corrected chi connectivity index (χ4v) is 3.98. The number of alkyl halides is 3. The monoisotopic (exact) mass is 447 g/mol. The van der Waals surface area contributed by atoms with Crippen LogP contribution in [0.4, 0.5) is 13.2 Å². The Labute approximate surface area is 182 Å². The predicted molar refractivity (Wildman–Crippen MR) is 113 cm³/mol. The van der Waals surface area contributed by atoms with Gasteiger partial charge in [-0.05, 0) is 36.2 Å². The molecule has 1 aliphatic rings. The van der Waals surface area contributed by atoms with Crippen LogP contribution in [0.1, 0.15) is 24.0 Å². The van der Waals surface area contributed by atoms with Crippen LogP contribution < -0.4 is 5.76 Å². The largest absolute Gasteiger partial charge is 0.419 e. The molecule has 0 unspecified atom stereocenters. The smallest absolute Gasteiger partial charge is 0.408 e. The quantitative estimate of drug-likeness (QED) is 0.578. The van der Waals surface area contributed by atoms with Gasteiger partial charge in [0.2, 0.25) is 5.91 Å². The molecule has 2 aromatic carbocycles. The van der Waals surface area contributed by atoms with E-state index in [2.05, 4.69) is 4.90 Å². The van der Waals surface area contributed by atoms with E-state index >= 15 is 0 Å². The molecule has 0 saturated carbocycles. The molecule has 32 heavy (non-hydrogen) atoms. The van der Waals surface area contributed by atoms with Gasteiger partial charge in [0.15, 0.2) is 5.58 Å². The lowest BCUT2D eigenvalue weighted by molar-refractivity contribution is -0.137. The van der Waals surface area contributed by atoms with Gasteiger partial charge in [0, 0.05) is 45.7 Å². The summed E-state index contributed by atoms with van der Waals surface area (Å²) < 4.78 is 44.8. The fourth-order valence-electron chi connectivity index (χ4n) is 3.98. The minimum Gasteiger partial charge on any atom is -0.408 e. The molecular formula is C23H24F3N3O3. The van der Waals surface area contributed by atoms with Crippen molar-refractivity contribution in [2.75, 3.05) is 26.2 Å². The third-order valence-corrected chi connectivity index (χ3v) is 5.76. The SMILES string of the molecule is O=C(CCCn1c(=O)oc2ccccc21)N1CCN(Cc2ccc(C(F)(F)F)cc2)CC1. The highest BCUT2D eigenvalue weighted by Crippen LogP contribution is 2.29. The molecule has 0 bridgehead atoms. The summed E-state index contributed by atoms with van der Waals surface area (Å²) in [6, 6.07) is 12.4. The van der Waals surface area contributed by atoms with Crippen molar-refractivity contribution in [3.05, 3.63) is 70.2 Å². The van der Waals surface area contributed by atoms with Crippen molar-refractivity contribution in [1.82, 2.24) is 14.4 Å². The summed E-state index contributed by atoms with van der Waals surface area (Å²) >= 11 is 0. The van der Waals surface area contributed by atoms with Crippen LogP contribution in [-0.2, 0) is 24.1 Å². The third kappa shape index (κ3) is 5.04. The van der Waals surface area contributed by atoms with Crippen LogP contribution in [0.25, 0.3) is 11.1 Å². The lowest BCUT2D eigenvalue weighted by Gasteiger charge is -2.35. The summed E-state index contributed by atoms with van der Waals surface area (Å²) in [6.45, 7) is 3.45. The van der Waals surface area contributed by atoms with Gasteiger partial charge in [-0.2, -0.15) is 13.2 Å². The van der Waals surface area contributed by atoms with E-state index in [0.717, 1.165) is 23.2 Å². The summed E-state index contributed by atoms with van der Waals surface area (Å²) in [5, 5.41) is 0. The van der Waals surface area contributed by atoms with Crippen LogP contribution in [-0.4, -0.2) is 46.5 Å². The van der Waals surface area contributed by atoms with Crippen molar-refractivity contribution in [3.8, 4) is 0 Å². The molecule has 3 aromatic rings. The Morgan fingerprint density at radius 2 is 1.66 bits per heavy atom. The number of fused-ring (bicyclic) bond motifs is 1. The van der Waals surface area contributed by atoms with Gasteiger partial charge >= 0.3 is 11.9 Å². The van der Waals surface area contributed by atoms with E-state index in [-0.39, 0.29) is 5.91 Å². The second-order valence-corrected chi connectivity index (χ2v) is 7.94. The molecule has 0 radical (unpaired) electrons. The number of para-hydroxylation sites is 2. The van der Waals surface area contributed by atoms with Crippen LogP contribution in [0.15, 0.2) is 57.7 Å². The molecule has 0 aliphatic carbocycles. The Balaban J connectivity index is 1.23. The lowest BCUT2D eigenvalue weighted by atomic mass is 10.1. The van der Waals surface area contributed by atoms with Crippen LogP contribution in [0.3, 0.4) is 0 Å². The molecule has 1 aromatic heterocycles. The molecule has 4 rings (SSSR count). The highest BCUT2D eigenvalue weighted by atomic mass is 19.4. The summed E-state index contributed by atoms with van der Waals surface area (Å²) in [5.41, 5.74) is 1.42. The number of oxazole rings is 1. The van der Waals surface area contributed by atoms with E-state index in [9.17, 15) is 22.8 Å². The Bertz CT molecular complexity index is 1130. The van der Waals surface area contributed by atoms with E-state index < -0.39 is 17.5 Å². The standard InChI is InChI=1S/C23H24F3N3O3/c24-23(25,26)18-9-7-17(8-10-18)16-27-12-14-28(15-13-27)21(30)6-3-11-29-19-4-1-2-5-20(19)32-22(29)31/h1-2,4-5,7-10H,3,6,11-16H2. The van der Waals surface area contributed by atoms with E-state index in [1.165, 1.54) is 12.1 Å². The number of benzene rings is 2. The minimum absolute atomic E-state index is 0.0417. The molecule has 170 valence electrons. The van der Waals surface area contributed by atoms with Gasteiger partial charge in [-0.3, -0.25) is 14.3 Å². The number of aryl methyl sites for hydroxylation is 1. The van der Waals surface area contributed by atoms with Crippen molar-refractivity contribution >= 4 is 17.0 Å². The van der Waals surface area contributed by atoms with Gasteiger partial charge in [0.05, 0.1) is 11.1 Å². The summed E-state index contributed by atoms with van der Waals surface area (Å²) in [6.07, 6.45) is -3.46. The van der Waals surface area contributed by atoms with Crippen molar-refractivity contribution in [2.24, 2.45) is 0 Å². The minimum atomic E-state index is -4.33. The molecule has 6 nitrogen and oxygen atoms in total. The van der Waals surface area contributed by atoms with Crippen LogP contribution >= 0.6 is 0 Å². The van der Waals surface area contributed by atoms with Crippen molar-refractivity contribution in [1.29, 1.82) is 0 Å². The summed E-state index contributed by atoms with van der Waals surface area (Å²) in [7, 11) is 0. The zero-order valence-corrected chi connectivity index (χ0v) is 17.5. The van der Waals surface area contributed by atoms with Gasteiger partial charge in [0.1, 0.15) is 0 Å². The van der Waals surface area contributed by atoms with Gasteiger partial charge in [0.25, 0.3) is 0 Å². The number of halogens is 3. The molecule has 9 heteroatoms. The highest BCUT2D eigenvalue weighted by molar-refractivity contribution is 5.76. The first-order chi connectivity index (χ1) is 15.3. The number of carbonyl (C=O) groups excluding carboxylic acids is 1. The average molecular weight is 447 g/mol. The number of hydrogen-bond acceptors (Lipinski definition) is 4. The Morgan fingerprint density at radius 1 is 0.969 bits per heavy atom. The van der Waals surface area contributed by atoms with E-state index in [4.69, 9.17) is 4.42 Å². The summed E-state index contributed by atoms with van der Waals surface area (Å²) in [5.74, 6) is -0.379. The number of piperazine rings is 1. The third-order valence-electron chi connectivity index (χ3n) is 5.76. The molecular weight excluding hydrogens is 423 g/mol. The van der Waals surface area contributed by atoms with Gasteiger partial charge in [-0.25, -0.2) is 4.79 Å². The van der Waals surface area contributed by atoms with Gasteiger partial charge in [-0.15, -0.1) is 0 Å². The van der Waals surface area contributed by atoms with Crippen LogP contribution in [0.2, 0.25) is 0 Å². The summed E-state index contributed by atoms with van der Waals surface area (Å²) in [4.78, 5) is 28.5. The lowest BCUT2D eigenvalue weighted by Crippen LogP contribution is -2.48. The van der Waals surface area contributed by atoms with Crippen molar-refractivity contribution in [3.63, 3.8) is 0 Å². The zero-order valence-electron chi connectivity index (χ0n) is 17.5. The molecule has 1 fully saturated rings. The molecule has 0 N–H and O–H groups in total. The van der Waals surface area contributed by atoms with E-state index in [0.29, 0.717) is 57.7 Å². The zero-order chi connectivity index (χ0) is 22.7. The van der Waals surface area contributed by atoms with Crippen molar-refractivity contribution in [2.45, 2.75) is 32.1 Å². The average Bonchev–Trinajstić information content (AvgIpc) is 3.09. The number of aromatic nitrogens is 1. The molecule has 0 spiro atoms. The Hall–Kier alpha value is -3.07. The van der Waals surface area contributed by atoms with Crippen LogP contribution in [0, 0.1) is 0 Å². The normalized spacial score (nSPS) is 15.4. The maximum atomic E-state index is 12.7. The molecule has 0 atom stereocenters. The van der Waals surface area contributed by atoms with Crippen molar-refractivity contribution < 1.29 is 22.4 Å². The second kappa shape index (κ2) is 9.20. The molecule has 1 saturated heterocycles. The second-order valence-electron chi connectivity index (χ2n) is 7.94. The van der Waals surface area contributed by atoms with Gasteiger partial charge < -0.3 is 9.32 Å². The first-order valence-electron chi connectivity index (χ1n) is 10.6. The Kier molecular flexibility index (Phi) is 6.36. The predicted octanol–water partition coefficient (Wildman–Crippen LogP) is 3.74. The first-order valence-corrected chi connectivity index (χ1v) is 10.6. The highest BCUT2D eigenvalue weighted by Gasteiger charge is 2.30.